The first-order valence-electron chi connectivity index (χ1n) is 6.20. The predicted octanol–water partition coefficient (Wildman–Crippen LogP) is 3.46. The molecule has 0 saturated heterocycles. The number of halogens is 3. The molecule has 21 heavy (non-hydrogen) atoms. The van der Waals surface area contributed by atoms with Crippen LogP contribution in [0, 0.1) is 24.4 Å². The molecule has 0 aromatic heterocycles. The summed E-state index contributed by atoms with van der Waals surface area (Å²) in [4.78, 5) is 11.7. The van der Waals surface area contributed by atoms with Crippen molar-refractivity contribution in [1.29, 1.82) is 0 Å². The van der Waals surface area contributed by atoms with Gasteiger partial charge in [0.1, 0.15) is 5.82 Å². The molecule has 6 heteroatoms. The number of anilines is 2. The zero-order valence-corrected chi connectivity index (χ0v) is 11.2. The van der Waals surface area contributed by atoms with Crippen molar-refractivity contribution in [3.05, 3.63) is 59.4 Å². The molecule has 0 fully saturated rings. The first-order valence-corrected chi connectivity index (χ1v) is 6.20. The molecule has 0 aliphatic rings. The Hall–Kier alpha value is -2.50. The fourth-order valence-electron chi connectivity index (χ4n) is 1.76. The summed E-state index contributed by atoms with van der Waals surface area (Å²) in [5.41, 5.74) is 1.31. The van der Waals surface area contributed by atoms with Gasteiger partial charge in [0.15, 0.2) is 11.6 Å². The van der Waals surface area contributed by atoms with E-state index in [4.69, 9.17) is 0 Å². The summed E-state index contributed by atoms with van der Waals surface area (Å²) in [5.74, 6) is -3.85. The molecule has 2 rings (SSSR count). The second kappa shape index (κ2) is 6.30. The summed E-state index contributed by atoms with van der Waals surface area (Å²) in [7, 11) is 0. The first-order chi connectivity index (χ1) is 9.95. The van der Waals surface area contributed by atoms with Gasteiger partial charge >= 0.3 is 0 Å². The van der Waals surface area contributed by atoms with Gasteiger partial charge in [-0.1, -0.05) is 12.1 Å². The quantitative estimate of drug-likeness (QED) is 0.848. The van der Waals surface area contributed by atoms with Crippen molar-refractivity contribution in [3.63, 3.8) is 0 Å². The summed E-state index contributed by atoms with van der Waals surface area (Å²) in [6, 6.07) is 8.25. The smallest absolute Gasteiger partial charge is 0.243 e. The lowest BCUT2D eigenvalue weighted by Gasteiger charge is -2.09. The third-order valence-corrected chi connectivity index (χ3v) is 2.75. The van der Waals surface area contributed by atoms with Gasteiger partial charge in [-0.2, -0.15) is 0 Å². The average Bonchev–Trinajstić information content (AvgIpc) is 2.41. The summed E-state index contributed by atoms with van der Waals surface area (Å²) < 4.78 is 39.1. The van der Waals surface area contributed by atoms with E-state index in [1.165, 1.54) is 0 Å². The predicted molar refractivity (Wildman–Crippen MR) is 74.6 cm³/mol. The van der Waals surface area contributed by atoms with E-state index in [-0.39, 0.29) is 12.2 Å². The van der Waals surface area contributed by atoms with Gasteiger partial charge in [-0.15, -0.1) is 0 Å². The van der Waals surface area contributed by atoms with Gasteiger partial charge in [0.2, 0.25) is 5.91 Å². The second-order valence-corrected chi connectivity index (χ2v) is 4.52. The molecule has 0 radical (unpaired) electrons. The Bertz CT molecular complexity index is 674. The monoisotopic (exact) mass is 294 g/mol. The standard InChI is InChI=1S/C15H13F3N2O/c1-9-3-2-4-10(5-9)20-15(21)8-19-14-7-12(17)11(16)6-13(14)18/h2-7,19H,8H2,1H3,(H,20,21). The summed E-state index contributed by atoms with van der Waals surface area (Å²) in [6.45, 7) is 1.61. The molecule has 0 unspecified atom stereocenters. The van der Waals surface area contributed by atoms with Crippen molar-refractivity contribution in [2.45, 2.75) is 6.92 Å². The van der Waals surface area contributed by atoms with Crippen molar-refractivity contribution in [2.75, 3.05) is 17.2 Å². The largest absolute Gasteiger partial charge is 0.374 e. The maximum Gasteiger partial charge on any atom is 0.243 e. The van der Waals surface area contributed by atoms with E-state index in [2.05, 4.69) is 10.6 Å². The van der Waals surface area contributed by atoms with Gasteiger partial charge in [-0.3, -0.25) is 4.79 Å². The molecule has 0 spiro atoms. The molecule has 2 aromatic carbocycles. The van der Waals surface area contributed by atoms with Crippen molar-refractivity contribution < 1.29 is 18.0 Å². The molecule has 3 nitrogen and oxygen atoms in total. The third-order valence-electron chi connectivity index (χ3n) is 2.75. The Balaban J connectivity index is 1.97. The minimum atomic E-state index is -1.28. The van der Waals surface area contributed by atoms with Crippen LogP contribution in [0.4, 0.5) is 24.5 Å². The highest BCUT2D eigenvalue weighted by Crippen LogP contribution is 2.18. The van der Waals surface area contributed by atoms with Gasteiger partial charge in [0.05, 0.1) is 12.2 Å². The van der Waals surface area contributed by atoms with Crippen molar-refractivity contribution in [3.8, 4) is 0 Å². The third kappa shape index (κ3) is 3.98. The highest BCUT2D eigenvalue weighted by atomic mass is 19.2. The lowest BCUT2D eigenvalue weighted by Crippen LogP contribution is -2.22. The summed E-state index contributed by atoms with van der Waals surface area (Å²) in [6.07, 6.45) is 0. The van der Waals surface area contributed by atoms with Gasteiger partial charge in [0, 0.05) is 17.8 Å². The molecule has 0 aliphatic heterocycles. The Morgan fingerprint density at radius 3 is 2.48 bits per heavy atom. The van der Waals surface area contributed by atoms with Crippen LogP contribution in [-0.4, -0.2) is 12.5 Å². The van der Waals surface area contributed by atoms with E-state index in [0.29, 0.717) is 17.8 Å². The number of carbonyl (C=O) groups is 1. The van der Waals surface area contributed by atoms with Crippen LogP contribution in [0.1, 0.15) is 5.56 Å². The first kappa shape index (κ1) is 14.9. The van der Waals surface area contributed by atoms with E-state index in [1.54, 1.807) is 18.2 Å². The Labute approximate surface area is 119 Å². The summed E-state index contributed by atoms with van der Waals surface area (Å²) in [5, 5.41) is 5.03. The Morgan fingerprint density at radius 1 is 1.05 bits per heavy atom. The molecule has 110 valence electrons. The number of benzene rings is 2. The molecule has 1 amide bonds. The second-order valence-electron chi connectivity index (χ2n) is 4.52. The fourth-order valence-corrected chi connectivity index (χ4v) is 1.76. The van der Waals surface area contributed by atoms with Crippen LogP contribution in [0.15, 0.2) is 36.4 Å². The molecular formula is C15H13F3N2O. The Kier molecular flexibility index (Phi) is 4.47. The fraction of sp³-hybridized carbons (Fsp3) is 0.133. The summed E-state index contributed by atoms with van der Waals surface area (Å²) >= 11 is 0. The zero-order chi connectivity index (χ0) is 15.4. The highest BCUT2D eigenvalue weighted by Gasteiger charge is 2.10. The van der Waals surface area contributed by atoms with Gasteiger partial charge in [-0.05, 0) is 24.6 Å². The van der Waals surface area contributed by atoms with E-state index in [1.807, 2.05) is 13.0 Å². The minimum Gasteiger partial charge on any atom is -0.374 e. The number of rotatable bonds is 4. The molecule has 0 aliphatic carbocycles. The number of nitrogens with one attached hydrogen (secondary N) is 2. The van der Waals surface area contributed by atoms with E-state index >= 15 is 0 Å². The van der Waals surface area contributed by atoms with Crippen LogP contribution in [0.5, 0.6) is 0 Å². The lowest BCUT2D eigenvalue weighted by molar-refractivity contribution is -0.114. The number of aryl methyl sites for hydroxylation is 1. The zero-order valence-electron chi connectivity index (χ0n) is 11.2. The molecular weight excluding hydrogens is 281 g/mol. The van der Waals surface area contributed by atoms with Gasteiger partial charge in [-0.25, -0.2) is 13.2 Å². The number of carbonyl (C=O) groups excluding carboxylic acids is 1. The van der Waals surface area contributed by atoms with Crippen LogP contribution in [0.3, 0.4) is 0 Å². The lowest BCUT2D eigenvalue weighted by atomic mass is 10.2. The molecule has 0 bridgehead atoms. The maximum absolute atomic E-state index is 13.4. The minimum absolute atomic E-state index is 0.268. The number of amides is 1. The normalized spacial score (nSPS) is 10.3. The maximum atomic E-state index is 13.4. The molecule has 0 heterocycles. The molecule has 0 atom stereocenters. The highest BCUT2D eigenvalue weighted by molar-refractivity contribution is 5.93. The molecule has 2 N–H and O–H groups in total. The number of hydrogen-bond acceptors (Lipinski definition) is 2. The van der Waals surface area contributed by atoms with Crippen LogP contribution < -0.4 is 10.6 Å². The van der Waals surface area contributed by atoms with Crippen molar-refractivity contribution in [2.24, 2.45) is 0 Å². The molecule has 2 aromatic rings. The van der Waals surface area contributed by atoms with Gasteiger partial charge in [0.25, 0.3) is 0 Å². The SMILES string of the molecule is Cc1cccc(NC(=O)CNc2cc(F)c(F)cc2F)c1. The van der Waals surface area contributed by atoms with Crippen LogP contribution >= 0.6 is 0 Å². The van der Waals surface area contributed by atoms with Crippen LogP contribution in [-0.2, 0) is 4.79 Å². The van der Waals surface area contributed by atoms with Crippen molar-refractivity contribution >= 4 is 17.3 Å². The Morgan fingerprint density at radius 2 is 1.76 bits per heavy atom. The molecule has 0 saturated carbocycles. The van der Waals surface area contributed by atoms with E-state index < -0.39 is 23.4 Å². The van der Waals surface area contributed by atoms with Crippen LogP contribution in [0.2, 0.25) is 0 Å². The number of hydrogen-bond donors (Lipinski definition) is 2. The van der Waals surface area contributed by atoms with Crippen molar-refractivity contribution in [1.82, 2.24) is 0 Å². The van der Waals surface area contributed by atoms with Gasteiger partial charge < -0.3 is 10.6 Å². The topological polar surface area (TPSA) is 41.1 Å². The van der Waals surface area contributed by atoms with E-state index in [9.17, 15) is 18.0 Å². The average molecular weight is 294 g/mol. The van der Waals surface area contributed by atoms with Crippen LogP contribution in [0.25, 0.3) is 0 Å². The van der Waals surface area contributed by atoms with E-state index in [0.717, 1.165) is 5.56 Å².